The average Bonchev–Trinajstić information content (AvgIpc) is 2.27. The summed E-state index contributed by atoms with van der Waals surface area (Å²) in [5, 5.41) is 0. The Balaban J connectivity index is 3.01. The van der Waals surface area contributed by atoms with E-state index < -0.39 is 0 Å². The standard InChI is InChI=1S/C6H4N3O/c10-6-8-4-2-1-3-7-5(4)9-6/h1,3H,(H2,7,8,9,10). The number of hydrogen-bond donors (Lipinski definition) is 2. The lowest BCUT2D eigenvalue weighted by molar-refractivity contribution is 1.20. The Kier molecular flexibility index (Phi) is 0.887. The highest BCUT2D eigenvalue weighted by atomic mass is 16.1. The smallest absolute Gasteiger partial charge is 0.304 e. The first-order valence-corrected chi connectivity index (χ1v) is 2.81. The molecule has 0 saturated carbocycles. The number of nitrogens with one attached hydrogen (secondary N) is 2. The Morgan fingerprint density at radius 2 is 2.40 bits per heavy atom. The first kappa shape index (κ1) is 5.22. The highest BCUT2D eigenvalue weighted by molar-refractivity contribution is 5.67. The molecule has 2 heterocycles. The molecule has 0 aliphatic carbocycles. The maximum Gasteiger partial charge on any atom is 0.325 e. The van der Waals surface area contributed by atoms with Crippen LogP contribution in [-0.2, 0) is 0 Å². The number of imidazole rings is 1. The zero-order valence-corrected chi connectivity index (χ0v) is 5.01. The van der Waals surface area contributed by atoms with E-state index in [0.717, 1.165) is 0 Å². The number of fused-ring (bicyclic) bond motifs is 1. The number of aromatic nitrogens is 3. The van der Waals surface area contributed by atoms with Crippen LogP contribution in [0.5, 0.6) is 0 Å². The van der Waals surface area contributed by atoms with E-state index in [-0.39, 0.29) is 5.69 Å². The van der Waals surface area contributed by atoms with E-state index in [1.165, 1.54) is 0 Å². The van der Waals surface area contributed by atoms with Gasteiger partial charge in [0, 0.05) is 12.3 Å². The van der Waals surface area contributed by atoms with E-state index >= 15 is 0 Å². The SMILES string of the molecule is O=c1[nH]c2[c]ccnc2[nH]1. The van der Waals surface area contributed by atoms with Crippen molar-refractivity contribution in [3.05, 3.63) is 28.8 Å². The summed E-state index contributed by atoms with van der Waals surface area (Å²) in [5.74, 6) is 0. The fraction of sp³-hybridized carbons (Fsp3) is 0. The highest BCUT2D eigenvalue weighted by Crippen LogP contribution is 1.97. The largest absolute Gasteiger partial charge is 0.325 e. The fourth-order valence-corrected chi connectivity index (χ4v) is 0.808. The first-order chi connectivity index (χ1) is 4.86. The van der Waals surface area contributed by atoms with Crippen LogP contribution < -0.4 is 5.69 Å². The van der Waals surface area contributed by atoms with Gasteiger partial charge in [-0.25, -0.2) is 9.78 Å². The molecule has 0 fully saturated rings. The summed E-state index contributed by atoms with van der Waals surface area (Å²) in [7, 11) is 0. The Morgan fingerprint density at radius 3 is 3.20 bits per heavy atom. The number of hydrogen-bond acceptors (Lipinski definition) is 2. The number of H-pyrrole nitrogens is 2. The van der Waals surface area contributed by atoms with Crippen LogP contribution in [0.15, 0.2) is 17.1 Å². The van der Waals surface area contributed by atoms with Crippen molar-refractivity contribution >= 4 is 11.2 Å². The van der Waals surface area contributed by atoms with Crippen molar-refractivity contribution in [1.29, 1.82) is 0 Å². The van der Waals surface area contributed by atoms with Crippen molar-refractivity contribution in [3.8, 4) is 0 Å². The number of rotatable bonds is 0. The molecule has 4 heteroatoms. The van der Waals surface area contributed by atoms with Crippen molar-refractivity contribution in [1.82, 2.24) is 15.0 Å². The molecule has 0 bridgehead atoms. The normalized spacial score (nSPS) is 10.4. The van der Waals surface area contributed by atoms with Gasteiger partial charge in [-0.15, -0.1) is 0 Å². The zero-order chi connectivity index (χ0) is 6.97. The van der Waals surface area contributed by atoms with Crippen LogP contribution in [0.2, 0.25) is 0 Å². The van der Waals surface area contributed by atoms with E-state index in [4.69, 9.17) is 0 Å². The van der Waals surface area contributed by atoms with Gasteiger partial charge in [-0.05, 0) is 6.07 Å². The molecule has 10 heavy (non-hydrogen) atoms. The summed E-state index contributed by atoms with van der Waals surface area (Å²) in [6.07, 6.45) is 1.58. The second kappa shape index (κ2) is 1.70. The highest BCUT2D eigenvalue weighted by Gasteiger charge is 1.94. The van der Waals surface area contributed by atoms with Gasteiger partial charge in [-0.3, -0.25) is 4.98 Å². The average molecular weight is 134 g/mol. The number of nitrogens with zero attached hydrogens (tertiary/aromatic N) is 1. The molecule has 2 rings (SSSR count). The summed E-state index contributed by atoms with van der Waals surface area (Å²) in [5.41, 5.74) is 0.921. The van der Waals surface area contributed by atoms with Gasteiger partial charge >= 0.3 is 5.69 Å². The van der Waals surface area contributed by atoms with E-state index in [1.807, 2.05) is 0 Å². The molecule has 0 aliphatic rings. The molecule has 2 N–H and O–H groups in total. The summed E-state index contributed by atoms with van der Waals surface area (Å²) in [6, 6.07) is 4.47. The van der Waals surface area contributed by atoms with Gasteiger partial charge in [-0.2, -0.15) is 0 Å². The van der Waals surface area contributed by atoms with Gasteiger partial charge in [0.05, 0.1) is 5.52 Å². The second-order valence-corrected chi connectivity index (χ2v) is 1.89. The molecule has 0 aromatic carbocycles. The summed E-state index contributed by atoms with van der Waals surface area (Å²) >= 11 is 0. The molecule has 0 atom stereocenters. The molecule has 0 amide bonds. The molecule has 0 unspecified atom stereocenters. The van der Waals surface area contributed by atoms with Crippen LogP contribution in [-0.4, -0.2) is 15.0 Å². The van der Waals surface area contributed by atoms with Gasteiger partial charge in [-0.1, -0.05) is 0 Å². The van der Waals surface area contributed by atoms with Crippen molar-refractivity contribution < 1.29 is 0 Å². The number of pyridine rings is 1. The van der Waals surface area contributed by atoms with Crippen LogP contribution >= 0.6 is 0 Å². The second-order valence-electron chi connectivity index (χ2n) is 1.89. The molecule has 0 aliphatic heterocycles. The molecular formula is C6H4N3O. The quantitative estimate of drug-likeness (QED) is 0.534. The van der Waals surface area contributed by atoms with Crippen molar-refractivity contribution in [2.75, 3.05) is 0 Å². The van der Waals surface area contributed by atoms with Crippen molar-refractivity contribution in [3.63, 3.8) is 0 Å². The minimum atomic E-state index is -0.245. The van der Waals surface area contributed by atoms with Crippen LogP contribution in [0.4, 0.5) is 0 Å². The third kappa shape index (κ3) is 0.621. The molecule has 49 valence electrons. The van der Waals surface area contributed by atoms with E-state index in [2.05, 4.69) is 21.0 Å². The number of aromatic amines is 2. The summed E-state index contributed by atoms with van der Waals surface area (Å²) in [6.45, 7) is 0. The Bertz CT molecular complexity index is 364. The predicted octanol–water partition coefficient (Wildman–Crippen LogP) is 0.0514. The van der Waals surface area contributed by atoms with Gasteiger partial charge < -0.3 is 4.98 Å². The minimum absolute atomic E-state index is 0.245. The van der Waals surface area contributed by atoms with Crippen LogP contribution in [0, 0.1) is 6.07 Å². The Hall–Kier alpha value is -1.58. The maximum absolute atomic E-state index is 10.6. The molecule has 4 nitrogen and oxygen atoms in total. The van der Waals surface area contributed by atoms with Gasteiger partial charge in [0.2, 0.25) is 0 Å². The molecule has 2 aromatic heterocycles. The Morgan fingerprint density at radius 1 is 1.50 bits per heavy atom. The first-order valence-electron chi connectivity index (χ1n) is 2.81. The fourth-order valence-electron chi connectivity index (χ4n) is 0.808. The maximum atomic E-state index is 10.6. The van der Waals surface area contributed by atoms with E-state index in [9.17, 15) is 4.79 Å². The third-order valence-electron chi connectivity index (χ3n) is 1.21. The monoisotopic (exact) mass is 134 g/mol. The van der Waals surface area contributed by atoms with Gasteiger partial charge in [0.1, 0.15) is 0 Å². The lowest BCUT2D eigenvalue weighted by atomic mass is 10.4. The zero-order valence-electron chi connectivity index (χ0n) is 5.01. The molecule has 2 aromatic rings. The topological polar surface area (TPSA) is 61.5 Å². The molecule has 1 radical (unpaired) electrons. The van der Waals surface area contributed by atoms with Crippen molar-refractivity contribution in [2.45, 2.75) is 0 Å². The summed E-state index contributed by atoms with van der Waals surface area (Å²) in [4.78, 5) is 19.5. The third-order valence-corrected chi connectivity index (χ3v) is 1.21. The van der Waals surface area contributed by atoms with E-state index in [0.29, 0.717) is 11.2 Å². The van der Waals surface area contributed by atoms with Crippen LogP contribution in [0.1, 0.15) is 0 Å². The van der Waals surface area contributed by atoms with Crippen LogP contribution in [0.3, 0.4) is 0 Å². The van der Waals surface area contributed by atoms with Crippen LogP contribution in [0.25, 0.3) is 11.2 Å². The molecule has 0 spiro atoms. The lowest BCUT2D eigenvalue weighted by Crippen LogP contribution is -1.99. The lowest BCUT2D eigenvalue weighted by Gasteiger charge is -1.80. The molecule has 0 saturated heterocycles. The van der Waals surface area contributed by atoms with E-state index in [1.54, 1.807) is 12.3 Å². The Labute approximate surface area is 55.9 Å². The molecular weight excluding hydrogens is 130 g/mol. The minimum Gasteiger partial charge on any atom is -0.304 e. The van der Waals surface area contributed by atoms with Gasteiger partial charge in [0.25, 0.3) is 0 Å². The predicted molar refractivity (Wildman–Crippen MR) is 35.6 cm³/mol. The van der Waals surface area contributed by atoms with Gasteiger partial charge in [0.15, 0.2) is 5.65 Å². The summed E-state index contributed by atoms with van der Waals surface area (Å²) < 4.78 is 0. The van der Waals surface area contributed by atoms with Crippen molar-refractivity contribution in [2.24, 2.45) is 0 Å².